The van der Waals surface area contributed by atoms with Crippen LogP contribution in [0.1, 0.15) is 37.8 Å². The maximum Gasteiger partial charge on any atom is 0.0744 e. The van der Waals surface area contributed by atoms with E-state index in [2.05, 4.69) is 49.5 Å². The predicted octanol–water partition coefficient (Wildman–Crippen LogP) is 5.41. The Balaban J connectivity index is 2.12. The smallest absolute Gasteiger partial charge is 0.0744 e. The van der Waals surface area contributed by atoms with E-state index >= 15 is 0 Å². The van der Waals surface area contributed by atoms with Crippen LogP contribution in [-0.2, 0) is 0 Å². The van der Waals surface area contributed by atoms with Crippen LogP contribution in [0.5, 0.6) is 0 Å². The summed E-state index contributed by atoms with van der Waals surface area (Å²) in [6.07, 6.45) is 2.29. The molecule has 0 saturated carbocycles. The van der Waals surface area contributed by atoms with E-state index in [1.54, 1.807) is 0 Å². The van der Waals surface area contributed by atoms with Gasteiger partial charge >= 0.3 is 0 Å². The summed E-state index contributed by atoms with van der Waals surface area (Å²) < 4.78 is 0. The molecular weight excluding hydrogens is 304 g/mol. The van der Waals surface area contributed by atoms with Crippen molar-refractivity contribution in [1.29, 1.82) is 0 Å². The topological polar surface area (TPSA) is 24.4 Å². The summed E-state index contributed by atoms with van der Waals surface area (Å²) >= 11 is 6.25. The van der Waals surface area contributed by atoms with Crippen molar-refractivity contribution < 1.29 is 0 Å². The van der Waals surface area contributed by atoms with Crippen LogP contribution in [0.15, 0.2) is 53.5 Å². The molecule has 0 fully saturated rings. The number of aliphatic imine (C=N–C) groups is 1. The first kappa shape index (κ1) is 16.1. The van der Waals surface area contributed by atoms with Crippen molar-refractivity contribution in [3.05, 3.63) is 64.7 Å². The van der Waals surface area contributed by atoms with Crippen molar-refractivity contribution in [3.8, 4) is 0 Å². The van der Waals surface area contributed by atoms with Gasteiger partial charge in [0.25, 0.3) is 0 Å². The zero-order chi connectivity index (χ0) is 16.2. The molecule has 0 aromatic heterocycles. The molecule has 23 heavy (non-hydrogen) atoms. The third-order valence-electron chi connectivity index (χ3n) is 4.67. The Bertz CT molecular complexity index is 690. The molecule has 2 aromatic rings. The number of benzene rings is 2. The lowest BCUT2D eigenvalue weighted by atomic mass is 9.94. The average Bonchev–Trinajstić information content (AvgIpc) is 2.77. The van der Waals surface area contributed by atoms with Crippen molar-refractivity contribution >= 4 is 23.0 Å². The molecule has 120 valence electrons. The van der Waals surface area contributed by atoms with Crippen molar-refractivity contribution in [2.24, 2.45) is 10.9 Å². The van der Waals surface area contributed by atoms with Gasteiger partial charge < -0.3 is 5.32 Å². The lowest BCUT2D eigenvalue weighted by Crippen LogP contribution is -2.26. The van der Waals surface area contributed by atoms with Crippen LogP contribution >= 0.6 is 11.6 Å². The van der Waals surface area contributed by atoms with E-state index in [-0.39, 0.29) is 6.04 Å². The van der Waals surface area contributed by atoms with Crippen LogP contribution in [0.3, 0.4) is 0 Å². The lowest BCUT2D eigenvalue weighted by molar-refractivity contribution is 0.410. The molecule has 0 aliphatic carbocycles. The van der Waals surface area contributed by atoms with Crippen LogP contribution in [-0.4, -0.2) is 18.3 Å². The first-order chi connectivity index (χ1) is 11.2. The summed E-state index contributed by atoms with van der Waals surface area (Å²) in [5.74, 6) is 0.589. The van der Waals surface area contributed by atoms with Crippen molar-refractivity contribution in [2.45, 2.75) is 32.7 Å². The molecule has 1 unspecified atom stereocenters. The zero-order valence-electron chi connectivity index (χ0n) is 13.7. The van der Waals surface area contributed by atoms with Crippen LogP contribution < -0.4 is 5.32 Å². The second-order valence-corrected chi connectivity index (χ2v) is 6.49. The van der Waals surface area contributed by atoms with E-state index < -0.39 is 0 Å². The van der Waals surface area contributed by atoms with Crippen molar-refractivity contribution in [3.63, 3.8) is 0 Å². The first-order valence-corrected chi connectivity index (χ1v) is 8.77. The molecule has 0 bridgehead atoms. The Morgan fingerprint density at radius 1 is 1.13 bits per heavy atom. The Morgan fingerprint density at radius 3 is 2.57 bits per heavy atom. The summed E-state index contributed by atoms with van der Waals surface area (Å²) in [6, 6.07) is 16.7. The number of benzodiazepines with no additional fused rings is 1. The third-order valence-corrected chi connectivity index (χ3v) is 4.91. The minimum atomic E-state index is 0.284. The first-order valence-electron chi connectivity index (χ1n) is 8.40. The largest absolute Gasteiger partial charge is 0.382 e. The highest BCUT2D eigenvalue weighted by Crippen LogP contribution is 2.29. The molecule has 0 amide bonds. The molecule has 1 heterocycles. The molecular formula is C20H23ClN2. The van der Waals surface area contributed by atoms with Gasteiger partial charge in [-0.05, 0) is 24.1 Å². The quantitative estimate of drug-likeness (QED) is 0.798. The fraction of sp³-hybridized carbons (Fsp3) is 0.350. The Labute approximate surface area is 143 Å². The van der Waals surface area contributed by atoms with E-state index in [0.29, 0.717) is 5.92 Å². The Morgan fingerprint density at radius 2 is 1.87 bits per heavy atom. The van der Waals surface area contributed by atoms with Gasteiger partial charge in [-0.3, -0.25) is 4.99 Å². The highest BCUT2D eigenvalue weighted by molar-refractivity contribution is 6.31. The van der Waals surface area contributed by atoms with Gasteiger partial charge in [-0.1, -0.05) is 68.6 Å². The van der Waals surface area contributed by atoms with Crippen LogP contribution in [0.25, 0.3) is 0 Å². The summed E-state index contributed by atoms with van der Waals surface area (Å²) in [5, 5.41) is 4.32. The van der Waals surface area contributed by atoms with Gasteiger partial charge in [0.2, 0.25) is 0 Å². The number of hydrogen-bond donors (Lipinski definition) is 1. The normalized spacial score (nSPS) is 17.2. The number of halogens is 1. The van der Waals surface area contributed by atoms with Crippen LogP contribution in [0.2, 0.25) is 5.02 Å². The second kappa shape index (κ2) is 7.18. The average molecular weight is 327 g/mol. The van der Waals surface area contributed by atoms with Gasteiger partial charge in [0.1, 0.15) is 0 Å². The standard InChI is InChI=1S/C20H23ClN2/c1-3-14(4-2)19-13-22-18-11-10-16(21)12-17(18)20(23-19)15-8-6-5-7-9-15/h5-12,14,19,22H,3-4,13H2,1-2H3. The molecule has 2 aromatic carbocycles. The molecule has 1 atom stereocenters. The predicted molar refractivity (Wildman–Crippen MR) is 99.9 cm³/mol. The fourth-order valence-corrected chi connectivity index (χ4v) is 3.47. The molecule has 3 rings (SSSR count). The Hall–Kier alpha value is -1.80. The summed E-state index contributed by atoms with van der Waals surface area (Å²) in [5.41, 5.74) is 4.41. The number of fused-ring (bicyclic) bond motifs is 1. The molecule has 0 saturated heterocycles. The van der Waals surface area contributed by atoms with E-state index in [1.165, 1.54) is 0 Å². The molecule has 2 nitrogen and oxygen atoms in total. The summed E-state index contributed by atoms with van der Waals surface area (Å²) in [4.78, 5) is 5.17. The number of hydrogen-bond acceptors (Lipinski definition) is 2. The minimum absolute atomic E-state index is 0.284. The molecule has 0 spiro atoms. The number of rotatable bonds is 4. The molecule has 3 heteroatoms. The van der Waals surface area contributed by atoms with Gasteiger partial charge in [0.05, 0.1) is 11.8 Å². The SMILES string of the molecule is CCC(CC)C1CNc2ccc(Cl)cc2C(c2ccccc2)=N1. The van der Waals surface area contributed by atoms with E-state index in [4.69, 9.17) is 16.6 Å². The maximum atomic E-state index is 6.25. The van der Waals surface area contributed by atoms with Crippen LogP contribution in [0, 0.1) is 5.92 Å². The molecule has 1 aliphatic heterocycles. The Kier molecular flexibility index (Phi) is 5.02. The van der Waals surface area contributed by atoms with Gasteiger partial charge in [-0.15, -0.1) is 0 Å². The van der Waals surface area contributed by atoms with Gasteiger partial charge in [-0.25, -0.2) is 0 Å². The van der Waals surface area contributed by atoms with Crippen LogP contribution in [0.4, 0.5) is 5.69 Å². The molecule has 0 radical (unpaired) electrons. The van der Waals surface area contributed by atoms with E-state index in [1.807, 2.05) is 18.2 Å². The van der Waals surface area contributed by atoms with Crippen molar-refractivity contribution in [2.75, 3.05) is 11.9 Å². The molecule has 1 aliphatic rings. The van der Waals surface area contributed by atoms with Gasteiger partial charge in [0.15, 0.2) is 0 Å². The zero-order valence-corrected chi connectivity index (χ0v) is 14.5. The summed E-state index contributed by atoms with van der Waals surface area (Å²) in [7, 11) is 0. The molecule has 1 N–H and O–H groups in total. The number of anilines is 1. The lowest BCUT2D eigenvalue weighted by Gasteiger charge is -2.21. The maximum absolute atomic E-state index is 6.25. The number of nitrogens with one attached hydrogen (secondary N) is 1. The fourth-order valence-electron chi connectivity index (χ4n) is 3.29. The highest BCUT2D eigenvalue weighted by Gasteiger charge is 2.24. The summed E-state index contributed by atoms with van der Waals surface area (Å²) in [6.45, 7) is 5.37. The van der Waals surface area contributed by atoms with E-state index in [0.717, 1.165) is 46.9 Å². The minimum Gasteiger partial charge on any atom is -0.382 e. The number of nitrogens with zero attached hydrogens (tertiary/aromatic N) is 1. The van der Waals surface area contributed by atoms with Gasteiger partial charge in [0, 0.05) is 28.4 Å². The van der Waals surface area contributed by atoms with Crippen molar-refractivity contribution in [1.82, 2.24) is 0 Å². The monoisotopic (exact) mass is 326 g/mol. The van der Waals surface area contributed by atoms with E-state index in [9.17, 15) is 0 Å². The van der Waals surface area contributed by atoms with Gasteiger partial charge in [-0.2, -0.15) is 0 Å². The highest BCUT2D eigenvalue weighted by atomic mass is 35.5. The third kappa shape index (κ3) is 3.42. The second-order valence-electron chi connectivity index (χ2n) is 6.06.